The van der Waals surface area contributed by atoms with E-state index in [9.17, 15) is 0 Å². The molecule has 2 rings (SSSR count). The lowest BCUT2D eigenvalue weighted by atomic mass is 9.75. The third kappa shape index (κ3) is 3.87. The summed E-state index contributed by atoms with van der Waals surface area (Å²) in [5.41, 5.74) is 6.24. The summed E-state index contributed by atoms with van der Waals surface area (Å²) in [6.07, 6.45) is 9.21. The molecular formula is C16H32N4. The van der Waals surface area contributed by atoms with Crippen molar-refractivity contribution in [1.82, 2.24) is 10.2 Å². The molecule has 2 unspecified atom stereocenters. The third-order valence-corrected chi connectivity index (χ3v) is 5.36. The highest BCUT2D eigenvalue weighted by Gasteiger charge is 2.36. The molecule has 4 heteroatoms. The van der Waals surface area contributed by atoms with Gasteiger partial charge in [-0.1, -0.05) is 26.2 Å². The Kier molecular flexibility index (Phi) is 5.30. The molecule has 0 bridgehead atoms. The van der Waals surface area contributed by atoms with E-state index in [0.717, 1.165) is 24.9 Å². The van der Waals surface area contributed by atoms with Crippen molar-refractivity contribution in [3.8, 4) is 0 Å². The number of nitrogens with one attached hydrogen (secondary N) is 1. The van der Waals surface area contributed by atoms with Crippen molar-refractivity contribution in [3.63, 3.8) is 0 Å². The monoisotopic (exact) mass is 280 g/mol. The van der Waals surface area contributed by atoms with Crippen LogP contribution in [-0.4, -0.2) is 43.6 Å². The van der Waals surface area contributed by atoms with E-state index in [2.05, 4.69) is 36.2 Å². The molecule has 0 spiro atoms. The predicted octanol–water partition coefficient (Wildman–Crippen LogP) is 2.20. The molecule has 2 aliphatic rings. The van der Waals surface area contributed by atoms with Gasteiger partial charge in [-0.25, -0.2) is 0 Å². The van der Waals surface area contributed by atoms with Crippen molar-refractivity contribution in [2.24, 2.45) is 22.6 Å². The Labute approximate surface area is 124 Å². The Hall–Kier alpha value is -0.770. The van der Waals surface area contributed by atoms with Gasteiger partial charge < -0.3 is 16.0 Å². The van der Waals surface area contributed by atoms with E-state index in [1.807, 2.05) is 0 Å². The van der Waals surface area contributed by atoms with Crippen LogP contribution < -0.4 is 11.1 Å². The highest BCUT2D eigenvalue weighted by atomic mass is 15.2. The first-order valence-corrected chi connectivity index (χ1v) is 8.23. The summed E-state index contributed by atoms with van der Waals surface area (Å²) in [5.74, 6) is 2.25. The van der Waals surface area contributed by atoms with Crippen molar-refractivity contribution >= 4 is 5.96 Å². The Bertz CT molecular complexity index is 335. The number of nitrogens with two attached hydrogens (primary N) is 1. The van der Waals surface area contributed by atoms with Crippen LogP contribution in [-0.2, 0) is 0 Å². The molecule has 4 nitrogen and oxygen atoms in total. The maximum absolute atomic E-state index is 6.03. The summed E-state index contributed by atoms with van der Waals surface area (Å²) in [4.78, 5) is 7.01. The molecule has 0 heterocycles. The quantitative estimate of drug-likeness (QED) is 0.599. The van der Waals surface area contributed by atoms with Gasteiger partial charge in [-0.3, -0.25) is 4.99 Å². The second-order valence-corrected chi connectivity index (χ2v) is 7.20. The number of hydrogen-bond donors (Lipinski definition) is 2. The van der Waals surface area contributed by atoms with Crippen LogP contribution in [0.5, 0.6) is 0 Å². The van der Waals surface area contributed by atoms with E-state index in [-0.39, 0.29) is 5.54 Å². The lowest BCUT2D eigenvalue weighted by molar-refractivity contribution is 0.0845. The molecule has 2 fully saturated rings. The van der Waals surface area contributed by atoms with Gasteiger partial charge in [0.2, 0.25) is 0 Å². The molecule has 3 N–H and O–H groups in total. The summed E-state index contributed by atoms with van der Waals surface area (Å²) >= 11 is 0. The van der Waals surface area contributed by atoms with E-state index in [1.54, 1.807) is 0 Å². The summed E-state index contributed by atoms with van der Waals surface area (Å²) in [6.45, 7) is 4.19. The number of aliphatic imine (C=N–C) groups is 1. The predicted molar refractivity (Wildman–Crippen MR) is 85.9 cm³/mol. The molecular weight excluding hydrogens is 248 g/mol. The minimum absolute atomic E-state index is 0.209. The van der Waals surface area contributed by atoms with E-state index >= 15 is 0 Å². The molecule has 2 atom stereocenters. The average Bonchev–Trinajstić information content (AvgIpc) is 2.34. The van der Waals surface area contributed by atoms with Crippen LogP contribution in [0.1, 0.15) is 51.9 Å². The molecule has 0 aromatic heterocycles. The molecule has 0 aromatic carbocycles. The fourth-order valence-electron chi connectivity index (χ4n) is 3.56. The first kappa shape index (κ1) is 15.6. The standard InChI is InChI=1S/C16H32N4/c1-13-6-5-9-16(10-13,20(2)3)12-19-15(17)18-11-14-7-4-8-14/h13-14H,4-12H2,1-3H3,(H3,17,18,19). The molecule has 0 aliphatic heterocycles. The lowest BCUT2D eigenvalue weighted by Crippen LogP contribution is -2.51. The highest BCUT2D eigenvalue weighted by molar-refractivity contribution is 5.77. The summed E-state index contributed by atoms with van der Waals surface area (Å²) in [7, 11) is 4.37. The van der Waals surface area contributed by atoms with E-state index in [1.165, 1.54) is 44.9 Å². The molecule has 116 valence electrons. The van der Waals surface area contributed by atoms with E-state index < -0.39 is 0 Å². The van der Waals surface area contributed by atoms with Gasteiger partial charge in [0.25, 0.3) is 0 Å². The van der Waals surface area contributed by atoms with Gasteiger partial charge in [0, 0.05) is 12.1 Å². The molecule has 2 saturated carbocycles. The number of rotatable bonds is 5. The Morgan fingerprint density at radius 3 is 2.60 bits per heavy atom. The van der Waals surface area contributed by atoms with Crippen LogP contribution >= 0.6 is 0 Å². The smallest absolute Gasteiger partial charge is 0.188 e. The summed E-state index contributed by atoms with van der Waals surface area (Å²) in [5, 5.41) is 3.30. The van der Waals surface area contributed by atoms with Gasteiger partial charge in [-0.2, -0.15) is 0 Å². The van der Waals surface area contributed by atoms with Gasteiger partial charge in [-0.15, -0.1) is 0 Å². The van der Waals surface area contributed by atoms with Crippen LogP contribution in [0.25, 0.3) is 0 Å². The maximum atomic E-state index is 6.03. The average molecular weight is 280 g/mol. The topological polar surface area (TPSA) is 53.6 Å². The molecule has 2 aliphatic carbocycles. The highest BCUT2D eigenvalue weighted by Crippen LogP contribution is 2.35. The van der Waals surface area contributed by atoms with Crippen LogP contribution in [0.2, 0.25) is 0 Å². The fraction of sp³-hybridized carbons (Fsp3) is 0.938. The zero-order chi connectivity index (χ0) is 14.6. The van der Waals surface area contributed by atoms with Crippen molar-refractivity contribution in [2.45, 2.75) is 57.4 Å². The third-order valence-electron chi connectivity index (χ3n) is 5.36. The Balaban J connectivity index is 1.86. The second-order valence-electron chi connectivity index (χ2n) is 7.20. The van der Waals surface area contributed by atoms with Crippen LogP contribution in [0.15, 0.2) is 4.99 Å². The van der Waals surface area contributed by atoms with Gasteiger partial charge >= 0.3 is 0 Å². The largest absolute Gasteiger partial charge is 0.370 e. The normalized spacial score (nSPS) is 32.2. The van der Waals surface area contributed by atoms with E-state index in [0.29, 0.717) is 5.96 Å². The van der Waals surface area contributed by atoms with E-state index in [4.69, 9.17) is 5.73 Å². The van der Waals surface area contributed by atoms with Crippen LogP contribution in [0.3, 0.4) is 0 Å². The van der Waals surface area contributed by atoms with Crippen molar-refractivity contribution in [2.75, 3.05) is 27.2 Å². The van der Waals surface area contributed by atoms with Gasteiger partial charge in [-0.05, 0) is 51.6 Å². The maximum Gasteiger partial charge on any atom is 0.188 e. The molecule has 0 aromatic rings. The summed E-state index contributed by atoms with van der Waals surface area (Å²) < 4.78 is 0. The van der Waals surface area contributed by atoms with Crippen molar-refractivity contribution in [3.05, 3.63) is 0 Å². The van der Waals surface area contributed by atoms with Gasteiger partial charge in [0.15, 0.2) is 5.96 Å². The number of hydrogen-bond acceptors (Lipinski definition) is 2. The summed E-state index contributed by atoms with van der Waals surface area (Å²) in [6, 6.07) is 0. The van der Waals surface area contributed by atoms with Gasteiger partial charge in [0.05, 0.1) is 6.54 Å². The minimum atomic E-state index is 0.209. The zero-order valence-corrected chi connectivity index (χ0v) is 13.5. The first-order chi connectivity index (χ1) is 9.52. The number of guanidine groups is 1. The molecule has 20 heavy (non-hydrogen) atoms. The van der Waals surface area contributed by atoms with Gasteiger partial charge in [0.1, 0.15) is 0 Å². The number of nitrogens with zero attached hydrogens (tertiary/aromatic N) is 2. The fourth-order valence-corrected chi connectivity index (χ4v) is 3.56. The Morgan fingerprint density at radius 2 is 2.05 bits per heavy atom. The first-order valence-electron chi connectivity index (χ1n) is 8.23. The Morgan fingerprint density at radius 1 is 1.30 bits per heavy atom. The molecule has 0 radical (unpaired) electrons. The van der Waals surface area contributed by atoms with Crippen molar-refractivity contribution in [1.29, 1.82) is 0 Å². The number of likely N-dealkylation sites (N-methyl/N-ethyl adjacent to an activating group) is 1. The second kappa shape index (κ2) is 6.79. The minimum Gasteiger partial charge on any atom is -0.370 e. The SMILES string of the molecule is CC1CCCC(CN=C(N)NCC2CCC2)(N(C)C)C1. The lowest BCUT2D eigenvalue weighted by Gasteiger charge is -2.44. The van der Waals surface area contributed by atoms with Crippen LogP contribution in [0, 0.1) is 11.8 Å². The molecule has 0 amide bonds. The van der Waals surface area contributed by atoms with Crippen molar-refractivity contribution < 1.29 is 0 Å². The molecule has 0 saturated heterocycles. The zero-order valence-electron chi connectivity index (χ0n) is 13.5. The van der Waals surface area contributed by atoms with Crippen LogP contribution in [0.4, 0.5) is 0 Å².